The Morgan fingerprint density at radius 3 is 2.57 bits per heavy atom. The molecule has 1 N–H and O–H groups in total. The van der Waals surface area contributed by atoms with Gasteiger partial charge in [-0.2, -0.15) is 0 Å². The fourth-order valence-corrected chi connectivity index (χ4v) is 0.496. The second-order valence-electron chi connectivity index (χ2n) is 1.50. The van der Waals surface area contributed by atoms with Gasteiger partial charge in [-0.1, -0.05) is 6.92 Å². The van der Waals surface area contributed by atoms with Crippen LogP contribution in [0.5, 0.6) is 0 Å². The monoisotopic (exact) mass is 97.1 g/mol. The zero-order chi connectivity index (χ0) is 5.28. The molecule has 1 heterocycles. The van der Waals surface area contributed by atoms with Crippen molar-refractivity contribution in [3.63, 3.8) is 0 Å². The van der Waals surface area contributed by atoms with Crippen LogP contribution in [0.25, 0.3) is 0 Å². The van der Waals surface area contributed by atoms with Crippen molar-refractivity contribution in [3.05, 3.63) is 11.8 Å². The van der Waals surface area contributed by atoms with E-state index in [1.807, 2.05) is 6.92 Å². The second-order valence-corrected chi connectivity index (χ2v) is 1.50. The summed E-state index contributed by atoms with van der Waals surface area (Å²) in [6, 6.07) is 0. The summed E-state index contributed by atoms with van der Waals surface area (Å²) >= 11 is 0. The Hall–Kier alpha value is -0.790. The largest absolute Gasteiger partial charge is 0.328 e. The van der Waals surface area contributed by atoms with E-state index in [4.69, 9.17) is 0 Å². The average molecular weight is 97.1 g/mol. The van der Waals surface area contributed by atoms with Gasteiger partial charge in [-0.25, -0.2) is 0 Å². The third-order valence-electron chi connectivity index (χ3n) is 1.05. The molecule has 0 radical (unpaired) electrons. The molecule has 0 aromatic heterocycles. The van der Waals surface area contributed by atoms with E-state index >= 15 is 0 Å². The lowest BCUT2D eigenvalue weighted by atomic mass is 10.1. The van der Waals surface area contributed by atoms with Crippen molar-refractivity contribution in [2.75, 3.05) is 0 Å². The highest BCUT2D eigenvalue weighted by Crippen LogP contribution is 2.05. The molecule has 0 spiro atoms. The molecule has 0 bridgehead atoms. The van der Waals surface area contributed by atoms with Crippen LogP contribution in [0.4, 0.5) is 0 Å². The number of rotatable bonds is 1. The van der Waals surface area contributed by atoms with Gasteiger partial charge < -0.3 is 5.32 Å². The molecule has 1 rings (SSSR count). The van der Waals surface area contributed by atoms with Crippen LogP contribution in [0.1, 0.15) is 13.3 Å². The third kappa shape index (κ3) is 0.515. The summed E-state index contributed by atoms with van der Waals surface area (Å²) in [7, 11) is 0. The Morgan fingerprint density at radius 1 is 1.86 bits per heavy atom. The SMILES string of the molecule is CCC1=CNC1=O. The molecule has 0 unspecified atom stereocenters. The van der Waals surface area contributed by atoms with Crippen LogP contribution in [0, 0.1) is 0 Å². The van der Waals surface area contributed by atoms with Crippen molar-refractivity contribution in [2.45, 2.75) is 13.3 Å². The van der Waals surface area contributed by atoms with Crippen molar-refractivity contribution >= 4 is 5.91 Å². The molecule has 0 aromatic rings. The lowest BCUT2D eigenvalue weighted by Gasteiger charge is -2.11. The van der Waals surface area contributed by atoms with Gasteiger partial charge in [0.15, 0.2) is 0 Å². The van der Waals surface area contributed by atoms with Crippen LogP contribution in [0.15, 0.2) is 11.8 Å². The number of hydrogen-bond acceptors (Lipinski definition) is 1. The first kappa shape index (κ1) is 4.37. The molecule has 0 saturated carbocycles. The summed E-state index contributed by atoms with van der Waals surface area (Å²) in [5.74, 6) is 0.0856. The normalized spacial score (nSPS) is 17.3. The summed E-state index contributed by atoms with van der Waals surface area (Å²) in [5, 5.41) is 2.51. The highest BCUT2D eigenvalue weighted by atomic mass is 16.2. The maximum atomic E-state index is 10.3. The van der Waals surface area contributed by atoms with Crippen LogP contribution in [-0.4, -0.2) is 5.91 Å². The molecule has 7 heavy (non-hydrogen) atoms. The lowest BCUT2D eigenvalue weighted by Crippen LogP contribution is -2.29. The van der Waals surface area contributed by atoms with E-state index in [0.29, 0.717) is 0 Å². The maximum absolute atomic E-state index is 10.3. The van der Waals surface area contributed by atoms with Gasteiger partial charge in [0, 0.05) is 11.8 Å². The van der Waals surface area contributed by atoms with Gasteiger partial charge in [-0.05, 0) is 6.42 Å². The van der Waals surface area contributed by atoms with Gasteiger partial charge in [-0.15, -0.1) is 0 Å². The summed E-state index contributed by atoms with van der Waals surface area (Å²) in [4.78, 5) is 10.3. The minimum atomic E-state index is 0.0856. The van der Waals surface area contributed by atoms with Gasteiger partial charge in [0.1, 0.15) is 0 Å². The second kappa shape index (κ2) is 1.37. The molecule has 1 aliphatic heterocycles. The highest BCUT2D eigenvalue weighted by molar-refractivity contribution is 5.99. The van der Waals surface area contributed by atoms with Crippen molar-refractivity contribution in [3.8, 4) is 0 Å². The zero-order valence-corrected chi connectivity index (χ0v) is 4.19. The quantitative estimate of drug-likeness (QED) is 0.504. The van der Waals surface area contributed by atoms with Gasteiger partial charge in [0.25, 0.3) is 5.91 Å². The molecule has 38 valence electrons. The minimum absolute atomic E-state index is 0.0856. The van der Waals surface area contributed by atoms with E-state index < -0.39 is 0 Å². The highest BCUT2D eigenvalue weighted by Gasteiger charge is 2.12. The Bertz CT molecular complexity index is 126. The number of nitrogens with one attached hydrogen (secondary N) is 1. The third-order valence-corrected chi connectivity index (χ3v) is 1.05. The molecular formula is C5H7NO. The predicted octanol–water partition coefficient (Wildman–Crippen LogP) is 0.410. The van der Waals surface area contributed by atoms with Crippen LogP contribution >= 0.6 is 0 Å². The zero-order valence-electron chi connectivity index (χ0n) is 4.19. The van der Waals surface area contributed by atoms with Crippen molar-refractivity contribution in [1.29, 1.82) is 0 Å². The smallest absolute Gasteiger partial charge is 0.252 e. The molecule has 0 aromatic carbocycles. The summed E-state index contributed by atoms with van der Waals surface area (Å²) in [6.07, 6.45) is 2.59. The van der Waals surface area contributed by atoms with Gasteiger partial charge in [0.2, 0.25) is 0 Å². The molecule has 2 heteroatoms. The van der Waals surface area contributed by atoms with Gasteiger partial charge in [-0.3, -0.25) is 4.79 Å². The first-order chi connectivity index (χ1) is 3.34. The molecule has 0 aliphatic carbocycles. The van der Waals surface area contributed by atoms with E-state index in [1.54, 1.807) is 6.20 Å². The molecule has 0 fully saturated rings. The topological polar surface area (TPSA) is 29.1 Å². The Morgan fingerprint density at radius 2 is 2.57 bits per heavy atom. The standard InChI is InChI=1S/C5H7NO/c1-2-4-3-6-5(4)7/h3H,2H2,1H3,(H,6,7). The van der Waals surface area contributed by atoms with E-state index in [1.165, 1.54) is 0 Å². The summed E-state index contributed by atoms with van der Waals surface area (Å²) in [6.45, 7) is 1.96. The summed E-state index contributed by atoms with van der Waals surface area (Å²) < 4.78 is 0. The average Bonchev–Trinajstić information content (AvgIpc) is 1.65. The van der Waals surface area contributed by atoms with Gasteiger partial charge >= 0.3 is 0 Å². The number of hydrogen-bond donors (Lipinski definition) is 1. The van der Waals surface area contributed by atoms with Crippen LogP contribution in [-0.2, 0) is 4.79 Å². The fraction of sp³-hybridized carbons (Fsp3) is 0.400. The molecule has 1 amide bonds. The van der Waals surface area contributed by atoms with E-state index in [2.05, 4.69) is 5.32 Å². The fourth-order valence-electron chi connectivity index (χ4n) is 0.496. The van der Waals surface area contributed by atoms with Crippen molar-refractivity contribution in [2.24, 2.45) is 0 Å². The van der Waals surface area contributed by atoms with Crippen LogP contribution in [0.3, 0.4) is 0 Å². The number of carbonyl (C=O) groups excluding carboxylic acids is 1. The molecule has 1 aliphatic rings. The minimum Gasteiger partial charge on any atom is -0.328 e. The first-order valence-corrected chi connectivity index (χ1v) is 2.34. The van der Waals surface area contributed by atoms with E-state index in [9.17, 15) is 4.79 Å². The first-order valence-electron chi connectivity index (χ1n) is 2.34. The number of amides is 1. The predicted molar refractivity (Wildman–Crippen MR) is 26.5 cm³/mol. The Kier molecular flexibility index (Phi) is 0.855. The van der Waals surface area contributed by atoms with Crippen LogP contribution in [0.2, 0.25) is 0 Å². The Labute approximate surface area is 42.2 Å². The van der Waals surface area contributed by atoms with Crippen molar-refractivity contribution in [1.82, 2.24) is 5.32 Å². The van der Waals surface area contributed by atoms with Crippen LogP contribution < -0.4 is 5.32 Å². The molecule has 2 nitrogen and oxygen atoms in total. The summed E-state index contributed by atoms with van der Waals surface area (Å²) in [5.41, 5.74) is 0.903. The molecule has 0 saturated heterocycles. The maximum Gasteiger partial charge on any atom is 0.252 e. The lowest BCUT2D eigenvalue weighted by molar-refractivity contribution is -0.118. The van der Waals surface area contributed by atoms with Gasteiger partial charge in [0.05, 0.1) is 0 Å². The van der Waals surface area contributed by atoms with E-state index in [-0.39, 0.29) is 5.91 Å². The van der Waals surface area contributed by atoms with Crippen molar-refractivity contribution < 1.29 is 4.79 Å². The Balaban J connectivity index is 2.57. The number of carbonyl (C=O) groups is 1. The van der Waals surface area contributed by atoms with E-state index in [0.717, 1.165) is 12.0 Å². The molecule has 0 atom stereocenters. The molecular weight excluding hydrogens is 90.1 g/mol.